The first-order valence-corrected chi connectivity index (χ1v) is 6.91. The maximum absolute atomic E-state index is 5.51. The van der Waals surface area contributed by atoms with Crippen LogP contribution in [0.2, 0.25) is 0 Å². The third-order valence-electron chi connectivity index (χ3n) is 2.99. The van der Waals surface area contributed by atoms with Crippen molar-refractivity contribution in [2.24, 2.45) is 0 Å². The topological polar surface area (TPSA) is 58.7 Å². The minimum Gasteiger partial charge on any atom is -0.417 e. The standard InChI is InChI=1S/C11H24O6Si/c1-12-11(13-2,14-3)10(17-18)5-4-6-15-7-9-8-16-9/h9-10H,4-8H2,1-3,18H3. The Hall–Kier alpha value is -0.0231. The predicted octanol–water partition coefficient (Wildman–Crippen LogP) is -0.559. The quantitative estimate of drug-likeness (QED) is 0.219. The predicted molar refractivity (Wildman–Crippen MR) is 68.4 cm³/mol. The monoisotopic (exact) mass is 280 g/mol. The first-order valence-electron chi connectivity index (χ1n) is 6.10. The molecule has 0 bridgehead atoms. The number of methoxy groups -OCH3 is 3. The van der Waals surface area contributed by atoms with Crippen molar-refractivity contribution in [2.45, 2.75) is 31.0 Å². The van der Waals surface area contributed by atoms with Crippen molar-refractivity contribution in [3.8, 4) is 0 Å². The molecular formula is C11H24O6Si. The normalized spacial score (nSPS) is 21.2. The van der Waals surface area contributed by atoms with E-state index in [1.807, 2.05) is 0 Å². The second-order valence-electron chi connectivity index (χ2n) is 4.11. The molecule has 1 saturated heterocycles. The molecule has 0 aromatic carbocycles. The van der Waals surface area contributed by atoms with E-state index in [1.54, 1.807) is 21.3 Å². The van der Waals surface area contributed by atoms with Crippen molar-refractivity contribution in [2.75, 3.05) is 41.2 Å². The number of ether oxygens (including phenoxy) is 5. The van der Waals surface area contributed by atoms with E-state index in [0.29, 0.717) is 29.8 Å². The average molecular weight is 280 g/mol. The Kier molecular flexibility index (Phi) is 7.31. The van der Waals surface area contributed by atoms with Crippen LogP contribution in [0.3, 0.4) is 0 Å². The third kappa shape index (κ3) is 4.58. The summed E-state index contributed by atoms with van der Waals surface area (Å²) in [6.07, 6.45) is 1.68. The van der Waals surface area contributed by atoms with Crippen molar-refractivity contribution in [3.63, 3.8) is 0 Å². The van der Waals surface area contributed by atoms with Crippen molar-refractivity contribution < 1.29 is 28.1 Å². The second-order valence-corrected chi connectivity index (χ2v) is 4.58. The van der Waals surface area contributed by atoms with Crippen molar-refractivity contribution >= 4 is 10.5 Å². The summed E-state index contributed by atoms with van der Waals surface area (Å²) in [4.78, 5) is 0. The first kappa shape index (κ1) is 16.0. The molecule has 6 nitrogen and oxygen atoms in total. The Morgan fingerprint density at radius 3 is 2.33 bits per heavy atom. The fraction of sp³-hybridized carbons (Fsp3) is 1.00. The molecule has 0 radical (unpaired) electrons. The smallest absolute Gasteiger partial charge is 0.308 e. The molecule has 2 atom stereocenters. The molecule has 7 heteroatoms. The fourth-order valence-corrected chi connectivity index (χ4v) is 2.36. The van der Waals surface area contributed by atoms with Crippen LogP contribution in [0.1, 0.15) is 12.8 Å². The lowest BCUT2D eigenvalue weighted by Crippen LogP contribution is -2.49. The van der Waals surface area contributed by atoms with Gasteiger partial charge >= 0.3 is 5.97 Å². The Labute approximate surface area is 111 Å². The van der Waals surface area contributed by atoms with Gasteiger partial charge in [0.1, 0.15) is 22.7 Å². The third-order valence-corrected chi connectivity index (χ3v) is 3.56. The van der Waals surface area contributed by atoms with E-state index < -0.39 is 5.97 Å². The average Bonchev–Trinajstić information content (AvgIpc) is 3.22. The summed E-state index contributed by atoms with van der Waals surface area (Å²) in [6.45, 7) is 2.18. The summed E-state index contributed by atoms with van der Waals surface area (Å²) >= 11 is 0. The van der Waals surface area contributed by atoms with Crippen molar-refractivity contribution in [1.82, 2.24) is 0 Å². The molecule has 0 spiro atoms. The van der Waals surface area contributed by atoms with Gasteiger partial charge in [-0.1, -0.05) is 0 Å². The van der Waals surface area contributed by atoms with E-state index in [0.717, 1.165) is 19.4 Å². The van der Waals surface area contributed by atoms with Crippen LogP contribution >= 0.6 is 0 Å². The lowest BCUT2D eigenvalue weighted by Gasteiger charge is -2.35. The highest BCUT2D eigenvalue weighted by molar-refractivity contribution is 5.98. The molecule has 108 valence electrons. The Morgan fingerprint density at radius 1 is 1.28 bits per heavy atom. The number of hydrogen-bond acceptors (Lipinski definition) is 6. The van der Waals surface area contributed by atoms with E-state index in [4.69, 9.17) is 28.1 Å². The van der Waals surface area contributed by atoms with E-state index in [9.17, 15) is 0 Å². The lowest BCUT2D eigenvalue weighted by atomic mass is 10.1. The summed E-state index contributed by atoms with van der Waals surface area (Å²) < 4.78 is 31.9. The largest absolute Gasteiger partial charge is 0.417 e. The molecule has 1 aliphatic rings. The molecule has 0 aliphatic carbocycles. The molecule has 0 aromatic heterocycles. The van der Waals surface area contributed by atoms with Gasteiger partial charge < -0.3 is 28.1 Å². The number of epoxide rings is 1. The summed E-state index contributed by atoms with van der Waals surface area (Å²) in [7, 11) is 5.22. The SMILES string of the molecule is COC(OC)(OC)C(CCCOCC1CO1)O[SiH3]. The molecule has 0 aromatic rings. The van der Waals surface area contributed by atoms with Gasteiger partial charge in [0.05, 0.1) is 13.2 Å². The van der Waals surface area contributed by atoms with Gasteiger partial charge in [-0.15, -0.1) is 0 Å². The van der Waals surface area contributed by atoms with Crippen LogP contribution in [0, 0.1) is 0 Å². The van der Waals surface area contributed by atoms with Crippen LogP contribution in [0.25, 0.3) is 0 Å². The molecule has 1 aliphatic heterocycles. The highest BCUT2D eigenvalue weighted by Gasteiger charge is 2.39. The van der Waals surface area contributed by atoms with E-state index in [1.165, 1.54) is 0 Å². The Balaban J connectivity index is 2.25. The highest BCUT2D eigenvalue weighted by Crippen LogP contribution is 2.23. The molecule has 0 amide bonds. The molecule has 1 rings (SSSR count). The van der Waals surface area contributed by atoms with Crippen LogP contribution in [0.15, 0.2) is 0 Å². The minimum atomic E-state index is -1.12. The van der Waals surface area contributed by atoms with E-state index >= 15 is 0 Å². The fourth-order valence-electron chi connectivity index (χ4n) is 1.83. The molecular weight excluding hydrogens is 256 g/mol. The zero-order valence-corrected chi connectivity index (χ0v) is 13.6. The van der Waals surface area contributed by atoms with Gasteiger partial charge in [0.2, 0.25) is 0 Å². The molecule has 18 heavy (non-hydrogen) atoms. The van der Waals surface area contributed by atoms with Crippen molar-refractivity contribution in [3.05, 3.63) is 0 Å². The maximum atomic E-state index is 5.51. The lowest BCUT2D eigenvalue weighted by molar-refractivity contribution is -0.385. The summed E-state index contributed by atoms with van der Waals surface area (Å²) in [6, 6.07) is 0. The first-order chi connectivity index (χ1) is 8.72. The van der Waals surface area contributed by atoms with Gasteiger partial charge in [-0.25, -0.2) is 0 Å². The number of rotatable bonds is 11. The molecule has 1 fully saturated rings. The maximum Gasteiger partial charge on any atom is 0.308 e. The Morgan fingerprint density at radius 2 is 1.89 bits per heavy atom. The summed E-state index contributed by atoms with van der Waals surface area (Å²) in [5, 5.41) is 0. The second kappa shape index (κ2) is 8.21. The van der Waals surface area contributed by atoms with E-state index in [-0.39, 0.29) is 6.10 Å². The van der Waals surface area contributed by atoms with Gasteiger partial charge in [0.25, 0.3) is 0 Å². The van der Waals surface area contributed by atoms with Gasteiger partial charge in [0, 0.05) is 27.9 Å². The molecule has 2 unspecified atom stereocenters. The van der Waals surface area contributed by atoms with Crippen LogP contribution in [-0.2, 0) is 28.1 Å². The molecule has 0 N–H and O–H groups in total. The van der Waals surface area contributed by atoms with Gasteiger partial charge in [-0.3, -0.25) is 0 Å². The zero-order chi connectivity index (χ0) is 13.4. The van der Waals surface area contributed by atoms with Gasteiger partial charge in [0.15, 0.2) is 0 Å². The van der Waals surface area contributed by atoms with E-state index in [2.05, 4.69) is 0 Å². The highest BCUT2D eigenvalue weighted by atomic mass is 28.2. The minimum absolute atomic E-state index is 0.245. The molecule has 1 heterocycles. The van der Waals surface area contributed by atoms with Crippen LogP contribution in [-0.4, -0.2) is 69.8 Å². The summed E-state index contributed by atoms with van der Waals surface area (Å²) in [5.74, 6) is -1.12. The van der Waals surface area contributed by atoms with Crippen molar-refractivity contribution in [1.29, 1.82) is 0 Å². The van der Waals surface area contributed by atoms with Crippen LogP contribution in [0.5, 0.6) is 0 Å². The Bertz CT molecular complexity index is 211. The van der Waals surface area contributed by atoms with Crippen LogP contribution < -0.4 is 0 Å². The van der Waals surface area contributed by atoms with Gasteiger partial charge in [-0.2, -0.15) is 0 Å². The summed E-state index contributed by atoms with van der Waals surface area (Å²) in [5.41, 5.74) is 0. The van der Waals surface area contributed by atoms with Crippen LogP contribution in [0.4, 0.5) is 0 Å². The zero-order valence-electron chi connectivity index (χ0n) is 11.6. The number of hydrogen-bond donors (Lipinski definition) is 0. The van der Waals surface area contributed by atoms with Gasteiger partial charge in [-0.05, 0) is 12.8 Å². The molecule has 0 saturated carbocycles.